The molecule has 3 N–H and O–H groups in total. The third kappa shape index (κ3) is 5.51. The number of thioether (sulfide) groups is 1. The van der Waals surface area contributed by atoms with Crippen LogP contribution < -0.4 is 15.5 Å². The minimum absolute atomic E-state index is 0. The number of halogens is 2. The number of nitrogens with one attached hydrogen (secondary N) is 2. The van der Waals surface area contributed by atoms with Gasteiger partial charge in [-0.2, -0.15) is 11.8 Å². The second-order valence-electron chi connectivity index (χ2n) is 6.34. The van der Waals surface area contributed by atoms with Gasteiger partial charge in [0.25, 0.3) is 0 Å². The number of rotatable bonds is 4. The average molecular weight is 498 g/mol. The van der Waals surface area contributed by atoms with Crippen LogP contribution in [0, 0.1) is 0 Å². The summed E-state index contributed by atoms with van der Waals surface area (Å²) < 4.78 is 0. The fourth-order valence-corrected chi connectivity index (χ4v) is 4.59. The molecule has 0 bridgehead atoms. The van der Waals surface area contributed by atoms with Gasteiger partial charge in [0.1, 0.15) is 5.82 Å². The second kappa shape index (κ2) is 9.48. The molecule has 2 aliphatic heterocycles. The van der Waals surface area contributed by atoms with Gasteiger partial charge in [-0.1, -0.05) is 11.6 Å². The Morgan fingerprint density at radius 3 is 3.12 bits per heavy atom. The van der Waals surface area contributed by atoms with Crippen molar-refractivity contribution in [2.75, 3.05) is 43.1 Å². The number of guanidine groups is 1. The number of hydrogen-bond acceptors (Lipinski definition) is 5. The Morgan fingerprint density at radius 2 is 2.44 bits per heavy atom. The van der Waals surface area contributed by atoms with E-state index in [-0.39, 0.29) is 30.0 Å². The molecule has 9 heteroatoms. The maximum Gasteiger partial charge on any atom is 0.191 e. The number of aromatic nitrogens is 1. The zero-order valence-corrected chi connectivity index (χ0v) is 18.1. The van der Waals surface area contributed by atoms with E-state index in [1.54, 1.807) is 25.0 Å². The van der Waals surface area contributed by atoms with Gasteiger partial charge < -0.3 is 20.6 Å². The van der Waals surface area contributed by atoms with Crippen LogP contribution in [0.3, 0.4) is 0 Å². The Labute approximate surface area is 175 Å². The second-order valence-corrected chi connectivity index (χ2v) is 7.85. The Bertz CT molecular complexity index is 600. The van der Waals surface area contributed by atoms with Gasteiger partial charge in [0, 0.05) is 44.7 Å². The molecule has 2 atom stereocenters. The van der Waals surface area contributed by atoms with Crippen LogP contribution in [-0.2, 0) is 0 Å². The molecule has 2 saturated heterocycles. The quantitative estimate of drug-likeness (QED) is 0.336. The SMILES string of the molecule is CN=C(NCC1(O)CCSC1)NC1CCN(c2ncccc2Cl)C1.I. The Hall–Kier alpha value is -0.450. The van der Waals surface area contributed by atoms with Gasteiger partial charge in [0.05, 0.1) is 10.6 Å². The van der Waals surface area contributed by atoms with Crippen LogP contribution >= 0.6 is 47.3 Å². The van der Waals surface area contributed by atoms with Crippen LogP contribution in [0.2, 0.25) is 5.02 Å². The summed E-state index contributed by atoms with van der Waals surface area (Å²) in [5.41, 5.74) is -0.620. The van der Waals surface area contributed by atoms with Crippen molar-refractivity contribution in [1.29, 1.82) is 0 Å². The average Bonchev–Trinajstić information content (AvgIpc) is 3.21. The van der Waals surface area contributed by atoms with E-state index in [1.807, 2.05) is 12.1 Å². The van der Waals surface area contributed by atoms with Crippen molar-refractivity contribution >= 4 is 59.1 Å². The molecule has 6 nitrogen and oxygen atoms in total. The number of aliphatic imine (C=N–C) groups is 1. The number of aliphatic hydroxyl groups is 1. The van der Waals surface area contributed by atoms with E-state index in [0.717, 1.165) is 49.2 Å². The molecule has 0 spiro atoms. The highest BCUT2D eigenvalue weighted by Gasteiger charge is 2.32. The lowest BCUT2D eigenvalue weighted by Crippen LogP contribution is -2.50. The highest BCUT2D eigenvalue weighted by molar-refractivity contribution is 14.0. The first-order chi connectivity index (χ1) is 11.6. The minimum atomic E-state index is -0.620. The van der Waals surface area contributed by atoms with E-state index in [1.165, 1.54) is 0 Å². The molecule has 0 saturated carbocycles. The molecule has 0 amide bonds. The van der Waals surface area contributed by atoms with Crippen molar-refractivity contribution in [2.24, 2.45) is 4.99 Å². The lowest BCUT2D eigenvalue weighted by atomic mass is 10.0. The summed E-state index contributed by atoms with van der Waals surface area (Å²) in [6.07, 6.45) is 3.59. The van der Waals surface area contributed by atoms with Crippen molar-refractivity contribution in [3.63, 3.8) is 0 Å². The fraction of sp³-hybridized carbons (Fsp3) is 0.625. The van der Waals surface area contributed by atoms with Gasteiger partial charge in [-0.25, -0.2) is 4.98 Å². The van der Waals surface area contributed by atoms with Crippen molar-refractivity contribution in [3.8, 4) is 0 Å². The molecule has 1 aromatic heterocycles. The van der Waals surface area contributed by atoms with Crippen LogP contribution in [0.1, 0.15) is 12.8 Å². The van der Waals surface area contributed by atoms with Crippen molar-refractivity contribution in [1.82, 2.24) is 15.6 Å². The van der Waals surface area contributed by atoms with Gasteiger partial charge in [0.2, 0.25) is 0 Å². The highest BCUT2D eigenvalue weighted by Crippen LogP contribution is 2.27. The Balaban J connectivity index is 0.00000225. The Morgan fingerprint density at radius 1 is 1.60 bits per heavy atom. The molecule has 25 heavy (non-hydrogen) atoms. The summed E-state index contributed by atoms with van der Waals surface area (Å²) in [6, 6.07) is 3.99. The largest absolute Gasteiger partial charge is 0.387 e. The van der Waals surface area contributed by atoms with E-state index in [0.29, 0.717) is 11.6 Å². The van der Waals surface area contributed by atoms with E-state index in [2.05, 4.69) is 25.5 Å². The molecule has 1 aromatic rings. The number of pyridine rings is 1. The van der Waals surface area contributed by atoms with Crippen molar-refractivity contribution < 1.29 is 5.11 Å². The monoisotopic (exact) mass is 497 g/mol. The zero-order chi connectivity index (χ0) is 17.0. The molecule has 0 radical (unpaired) electrons. The zero-order valence-electron chi connectivity index (χ0n) is 14.2. The first kappa shape index (κ1) is 20.9. The van der Waals surface area contributed by atoms with Gasteiger partial charge >= 0.3 is 0 Å². The molecule has 2 aliphatic rings. The topological polar surface area (TPSA) is 72.8 Å². The van der Waals surface area contributed by atoms with Crippen LogP contribution in [0.15, 0.2) is 23.3 Å². The number of anilines is 1. The van der Waals surface area contributed by atoms with E-state index in [4.69, 9.17) is 11.6 Å². The predicted molar refractivity (Wildman–Crippen MR) is 117 cm³/mol. The van der Waals surface area contributed by atoms with E-state index in [9.17, 15) is 5.11 Å². The number of hydrogen-bond donors (Lipinski definition) is 3. The lowest BCUT2D eigenvalue weighted by Gasteiger charge is -2.24. The third-order valence-corrected chi connectivity index (χ3v) is 5.99. The molecule has 3 rings (SSSR count). The first-order valence-electron chi connectivity index (χ1n) is 8.22. The number of nitrogens with zero attached hydrogens (tertiary/aromatic N) is 3. The molecule has 2 fully saturated rings. The first-order valence-corrected chi connectivity index (χ1v) is 9.76. The van der Waals surface area contributed by atoms with Crippen LogP contribution in [0.25, 0.3) is 0 Å². The Kier molecular flexibility index (Phi) is 7.91. The van der Waals surface area contributed by atoms with Crippen molar-refractivity contribution in [3.05, 3.63) is 23.4 Å². The summed E-state index contributed by atoms with van der Waals surface area (Å²) in [4.78, 5) is 10.8. The smallest absolute Gasteiger partial charge is 0.191 e. The maximum absolute atomic E-state index is 10.4. The van der Waals surface area contributed by atoms with Gasteiger partial charge in [-0.15, -0.1) is 24.0 Å². The molecular formula is C16H25ClIN5OS. The summed E-state index contributed by atoms with van der Waals surface area (Å²) in [6.45, 7) is 2.27. The lowest BCUT2D eigenvalue weighted by molar-refractivity contribution is 0.0724. The van der Waals surface area contributed by atoms with Crippen LogP contribution in [0.4, 0.5) is 5.82 Å². The summed E-state index contributed by atoms with van der Waals surface area (Å²) in [5.74, 6) is 3.38. The van der Waals surface area contributed by atoms with Crippen molar-refractivity contribution in [2.45, 2.75) is 24.5 Å². The maximum atomic E-state index is 10.4. The standard InChI is InChI=1S/C16H24ClN5OS.HI/c1-18-15(20-10-16(23)5-8-24-11-16)21-12-4-7-22(9-12)14-13(17)3-2-6-19-14;/h2-3,6,12,23H,4-5,7-11H2,1H3,(H2,18,20,21);1H. The van der Waals surface area contributed by atoms with E-state index < -0.39 is 5.60 Å². The highest BCUT2D eigenvalue weighted by atomic mass is 127. The molecule has 3 heterocycles. The molecule has 140 valence electrons. The van der Waals surface area contributed by atoms with Crippen LogP contribution in [0.5, 0.6) is 0 Å². The molecule has 0 aliphatic carbocycles. The summed E-state index contributed by atoms with van der Waals surface area (Å²) >= 11 is 8.03. The van der Waals surface area contributed by atoms with Gasteiger partial charge in [-0.05, 0) is 30.7 Å². The normalized spacial score (nSPS) is 26.4. The fourth-order valence-electron chi connectivity index (χ4n) is 3.05. The minimum Gasteiger partial charge on any atom is -0.387 e. The van der Waals surface area contributed by atoms with Gasteiger partial charge in [0.15, 0.2) is 5.96 Å². The molecular weight excluding hydrogens is 473 g/mol. The van der Waals surface area contributed by atoms with Crippen LogP contribution in [-0.4, -0.2) is 65.9 Å². The van der Waals surface area contributed by atoms with Gasteiger partial charge in [-0.3, -0.25) is 4.99 Å². The predicted octanol–water partition coefficient (Wildman–Crippen LogP) is 1.96. The molecule has 2 unspecified atom stereocenters. The summed E-state index contributed by atoms with van der Waals surface area (Å²) in [7, 11) is 1.76. The summed E-state index contributed by atoms with van der Waals surface area (Å²) in [5, 5.41) is 17.8. The van der Waals surface area contributed by atoms with E-state index >= 15 is 0 Å². The third-order valence-electron chi connectivity index (χ3n) is 4.46. The molecule has 0 aromatic carbocycles.